The van der Waals surface area contributed by atoms with Crippen molar-refractivity contribution in [2.45, 2.75) is 62.7 Å². The van der Waals surface area contributed by atoms with E-state index in [9.17, 15) is 4.79 Å². The van der Waals surface area contributed by atoms with Gasteiger partial charge in [0.05, 0.1) is 12.2 Å². The first-order chi connectivity index (χ1) is 10.1. The number of halogens is 1. The number of allylic oxidation sites excluding steroid dienone is 3. The number of carbonyl (C=O) groups excluding carboxylic acids is 1. The van der Waals surface area contributed by atoms with Gasteiger partial charge in [-0.2, -0.15) is 0 Å². The number of hydrogen-bond acceptors (Lipinski definition) is 3. The SMILES string of the molecule is C#C/C=C/C[C@H]1O[C@@H]([C@@H](Br)C/C=C/CC)C[C@H]1OC(C)=O. The van der Waals surface area contributed by atoms with Crippen LogP contribution in [0.3, 0.4) is 0 Å². The van der Waals surface area contributed by atoms with E-state index in [1.165, 1.54) is 6.92 Å². The summed E-state index contributed by atoms with van der Waals surface area (Å²) in [4.78, 5) is 11.4. The van der Waals surface area contributed by atoms with Gasteiger partial charge in [-0.15, -0.1) is 6.42 Å². The zero-order valence-electron chi connectivity index (χ0n) is 12.6. The van der Waals surface area contributed by atoms with Crippen LogP contribution in [0.25, 0.3) is 0 Å². The van der Waals surface area contributed by atoms with Crippen LogP contribution in [0.15, 0.2) is 24.3 Å². The van der Waals surface area contributed by atoms with Crippen LogP contribution in [-0.4, -0.2) is 29.1 Å². The van der Waals surface area contributed by atoms with Crippen LogP contribution in [-0.2, 0) is 14.3 Å². The lowest BCUT2D eigenvalue weighted by atomic mass is 10.1. The predicted octanol–water partition coefficient (Wildman–Crippen LogP) is 3.77. The summed E-state index contributed by atoms with van der Waals surface area (Å²) in [7, 11) is 0. The Kier molecular flexibility index (Phi) is 8.41. The van der Waals surface area contributed by atoms with Gasteiger partial charge in [0.15, 0.2) is 0 Å². The van der Waals surface area contributed by atoms with Gasteiger partial charge in [-0.3, -0.25) is 4.79 Å². The van der Waals surface area contributed by atoms with E-state index in [1.807, 2.05) is 6.08 Å². The number of hydrogen-bond donors (Lipinski definition) is 0. The molecule has 3 nitrogen and oxygen atoms in total. The Morgan fingerprint density at radius 1 is 1.52 bits per heavy atom. The number of esters is 1. The third-order valence-electron chi connectivity index (χ3n) is 3.30. The second-order valence-electron chi connectivity index (χ2n) is 5.03. The van der Waals surface area contributed by atoms with E-state index in [-0.39, 0.29) is 29.1 Å². The van der Waals surface area contributed by atoms with Crippen molar-refractivity contribution in [3.8, 4) is 12.3 Å². The molecule has 0 aromatic heterocycles. The molecule has 0 aromatic rings. The second-order valence-corrected chi connectivity index (χ2v) is 6.21. The summed E-state index contributed by atoms with van der Waals surface area (Å²) in [6.07, 6.45) is 16.0. The van der Waals surface area contributed by atoms with Crippen LogP contribution >= 0.6 is 15.9 Å². The molecule has 1 saturated heterocycles. The topological polar surface area (TPSA) is 35.5 Å². The molecule has 0 spiro atoms. The Labute approximate surface area is 135 Å². The molecule has 0 amide bonds. The number of terminal acetylenes is 1. The lowest BCUT2D eigenvalue weighted by molar-refractivity contribution is -0.148. The molecular weight excluding hydrogens is 332 g/mol. The minimum absolute atomic E-state index is 0.0418. The van der Waals surface area contributed by atoms with Crippen molar-refractivity contribution < 1.29 is 14.3 Å². The zero-order chi connectivity index (χ0) is 15.7. The third-order valence-corrected chi connectivity index (χ3v) is 4.26. The van der Waals surface area contributed by atoms with Gasteiger partial charge < -0.3 is 9.47 Å². The van der Waals surface area contributed by atoms with Crippen LogP contribution in [0, 0.1) is 12.3 Å². The fourth-order valence-electron chi connectivity index (χ4n) is 2.34. The molecule has 1 rings (SSSR count). The quantitative estimate of drug-likeness (QED) is 0.302. The Morgan fingerprint density at radius 2 is 2.29 bits per heavy atom. The van der Waals surface area contributed by atoms with Crippen molar-refractivity contribution in [3.05, 3.63) is 24.3 Å². The van der Waals surface area contributed by atoms with Gasteiger partial charge in [0, 0.05) is 18.2 Å². The van der Waals surface area contributed by atoms with Crippen molar-refractivity contribution in [1.82, 2.24) is 0 Å². The number of ether oxygens (including phenoxy) is 2. The van der Waals surface area contributed by atoms with Crippen molar-refractivity contribution in [3.63, 3.8) is 0 Å². The molecule has 0 saturated carbocycles. The Hall–Kier alpha value is -1.05. The maximum absolute atomic E-state index is 11.2. The predicted molar refractivity (Wildman–Crippen MR) is 88.2 cm³/mol. The normalized spacial score (nSPS) is 27.0. The highest BCUT2D eigenvalue weighted by atomic mass is 79.9. The number of alkyl halides is 1. The lowest BCUT2D eigenvalue weighted by Gasteiger charge is -2.17. The highest BCUT2D eigenvalue weighted by molar-refractivity contribution is 9.09. The molecule has 116 valence electrons. The van der Waals surface area contributed by atoms with Crippen molar-refractivity contribution in [1.29, 1.82) is 0 Å². The van der Waals surface area contributed by atoms with Gasteiger partial charge in [-0.25, -0.2) is 0 Å². The molecular formula is C17H23BrO3. The minimum atomic E-state index is -0.271. The van der Waals surface area contributed by atoms with Gasteiger partial charge >= 0.3 is 5.97 Å². The molecule has 0 aliphatic carbocycles. The first-order valence-corrected chi connectivity index (χ1v) is 8.22. The first-order valence-electron chi connectivity index (χ1n) is 7.31. The average Bonchev–Trinajstić information content (AvgIpc) is 2.82. The van der Waals surface area contributed by atoms with Gasteiger partial charge in [-0.1, -0.05) is 47.0 Å². The van der Waals surface area contributed by atoms with E-state index < -0.39 is 0 Å². The van der Waals surface area contributed by atoms with Crippen LogP contribution in [0.5, 0.6) is 0 Å². The summed E-state index contributed by atoms with van der Waals surface area (Å²) in [5.41, 5.74) is 0. The van der Waals surface area contributed by atoms with Crippen molar-refractivity contribution >= 4 is 21.9 Å². The summed E-state index contributed by atoms with van der Waals surface area (Å²) in [5.74, 6) is 2.18. The van der Waals surface area contributed by atoms with E-state index in [0.717, 1.165) is 12.8 Å². The summed E-state index contributed by atoms with van der Waals surface area (Å²) in [5, 5.41) is 0. The summed E-state index contributed by atoms with van der Waals surface area (Å²) in [6, 6.07) is 0. The molecule has 1 heterocycles. The molecule has 4 atom stereocenters. The van der Waals surface area contributed by atoms with E-state index in [2.05, 4.69) is 40.9 Å². The molecule has 1 fully saturated rings. The molecule has 21 heavy (non-hydrogen) atoms. The molecule has 0 radical (unpaired) electrons. The van der Waals surface area contributed by atoms with E-state index >= 15 is 0 Å². The highest BCUT2D eigenvalue weighted by Gasteiger charge is 2.39. The van der Waals surface area contributed by atoms with Crippen LogP contribution in [0.1, 0.15) is 39.5 Å². The van der Waals surface area contributed by atoms with Gasteiger partial charge in [0.2, 0.25) is 0 Å². The fraction of sp³-hybridized carbons (Fsp3) is 0.588. The van der Waals surface area contributed by atoms with Gasteiger partial charge in [-0.05, 0) is 25.3 Å². The van der Waals surface area contributed by atoms with E-state index in [0.29, 0.717) is 12.8 Å². The summed E-state index contributed by atoms with van der Waals surface area (Å²) < 4.78 is 11.4. The Morgan fingerprint density at radius 3 is 2.90 bits per heavy atom. The van der Waals surface area contributed by atoms with Crippen LogP contribution < -0.4 is 0 Å². The monoisotopic (exact) mass is 354 g/mol. The van der Waals surface area contributed by atoms with E-state index in [4.69, 9.17) is 15.9 Å². The molecule has 0 aromatic carbocycles. The molecule has 1 aliphatic rings. The smallest absolute Gasteiger partial charge is 0.302 e. The maximum atomic E-state index is 11.2. The summed E-state index contributed by atoms with van der Waals surface area (Å²) in [6.45, 7) is 3.54. The number of rotatable bonds is 7. The maximum Gasteiger partial charge on any atom is 0.302 e. The zero-order valence-corrected chi connectivity index (χ0v) is 14.2. The molecule has 4 heteroatoms. The molecule has 0 N–H and O–H groups in total. The minimum Gasteiger partial charge on any atom is -0.460 e. The summed E-state index contributed by atoms with van der Waals surface area (Å²) >= 11 is 3.67. The van der Waals surface area contributed by atoms with Crippen molar-refractivity contribution in [2.24, 2.45) is 0 Å². The van der Waals surface area contributed by atoms with E-state index in [1.54, 1.807) is 6.08 Å². The van der Waals surface area contributed by atoms with Crippen LogP contribution in [0.4, 0.5) is 0 Å². The molecule has 0 unspecified atom stereocenters. The standard InChI is InChI=1S/C17H23BrO3/c1-4-6-8-10-14(18)16-12-17(20-13(3)19)15(21-16)11-9-7-5-2/h2,6-9,14-17H,4,10-12H2,1,3H3/b8-6+,9-7+/t14-,15+,16+,17+/m0/s1. The third kappa shape index (κ3) is 6.50. The fourth-order valence-corrected chi connectivity index (χ4v) is 2.90. The first kappa shape index (κ1) is 18.0. The number of carbonyl (C=O) groups is 1. The van der Waals surface area contributed by atoms with Gasteiger partial charge in [0.25, 0.3) is 0 Å². The molecule has 1 aliphatic heterocycles. The lowest BCUT2D eigenvalue weighted by Crippen LogP contribution is -2.25. The second kappa shape index (κ2) is 9.81. The Balaban J connectivity index is 2.61. The van der Waals surface area contributed by atoms with Gasteiger partial charge in [0.1, 0.15) is 6.10 Å². The molecule has 0 bridgehead atoms. The largest absolute Gasteiger partial charge is 0.460 e. The van der Waals surface area contributed by atoms with Crippen molar-refractivity contribution in [2.75, 3.05) is 0 Å². The highest BCUT2D eigenvalue weighted by Crippen LogP contribution is 2.31. The van der Waals surface area contributed by atoms with Crippen LogP contribution in [0.2, 0.25) is 0 Å². The average molecular weight is 355 g/mol. The Bertz CT molecular complexity index is 422.